The lowest BCUT2D eigenvalue weighted by Gasteiger charge is -2.32. The van der Waals surface area contributed by atoms with Gasteiger partial charge in [0.1, 0.15) is 11.1 Å². The SMILES string of the molecule is O=C(Nc1c2c(cc3c1CC3)CC2)NS(=O)(=O)c1cnn2c1C(F)CCC2. The summed E-state index contributed by atoms with van der Waals surface area (Å²) in [5.74, 6) is 0. The quantitative estimate of drug-likeness (QED) is 0.842. The topological polar surface area (TPSA) is 93.1 Å². The van der Waals surface area contributed by atoms with E-state index in [9.17, 15) is 17.6 Å². The molecule has 9 heteroatoms. The third-order valence-corrected chi connectivity index (χ3v) is 7.09. The molecule has 1 atom stereocenters. The second kappa shape index (κ2) is 5.79. The van der Waals surface area contributed by atoms with Crippen LogP contribution in [0.3, 0.4) is 0 Å². The molecule has 0 bridgehead atoms. The summed E-state index contributed by atoms with van der Waals surface area (Å²) in [4.78, 5) is 12.2. The molecule has 2 heterocycles. The van der Waals surface area contributed by atoms with Crippen LogP contribution in [0.2, 0.25) is 0 Å². The molecule has 2 N–H and O–H groups in total. The molecule has 2 aromatic rings. The Hall–Kier alpha value is -2.42. The van der Waals surface area contributed by atoms with E-state index in [0.29, 0.717) is 13.0 Å². The van der Waals surface area contributed by atoms with Gasteiger partial charge in [-0.3, -0.25) is 4.68 Å². The average Bonchev–Trinajstić information content (AvgIpc) is 2.97. The Labute approximate surface area is 156 Å². The van der Waals surface area contributed by atoms with Gasteiger partial charge in [0.25, 0.3) is 10.0 Å². The lowest BCUT2D eigenvalue weighted by atomic mass is 9.76. The number of nitrogens with zero attached hydrogens (tertiary/aromatic N) is 2. The van der Waals surface area contributed by atoms with Gasteiger partial charge >= 0.3 is 6.03 Å². The van der Waals surface area contributed by atoms with E-state index in [1.54, 1.807) is 0 Å². The fraction of sp³-hybridized carbons (Fsp3) is 0.444. The highest BCUT2D eigenvalue weighted by molar-refractivity contribution is 7.90. The number of sulfonamides is 1. The average molecular weight is 390 g/mol. The van der Waals surface area contributed by atoms with Crippen molar-refractivity contribution in [3.63, 3.8) is 0 Å². The van der Waals surface area contributed by atoms with Crippen molar-refractivity contribution in [2.45, 2.75) is 56.1 Å². The maximum atomic E-state index is 14.2. The van der Waals surface area contributed by atoms with Gasteiger partial charge in [-0.2, -0.15) is 5.10 Å². The van der Waals surface area contributed by atoms with E-state index < -0.39 is 22.2 Å². The van der Waals surface area contributed by atoms with Crippen LogP contribution in [-0.4, -0.2) is 24.2 Å². The number of alkyl halides is 1. The zero-order valence-corrected chi connectivity index (χ0v) is 15.4. The molecule has 27 heavy (non-hydrogen) atoms. The minimum absolute atomic E-state index is 0.0226. The summed E-state index contributed by atoms with van der Waals surface area (Å²) in [6.45, 7) is 0.472. The van der Waals surface area contributed by atoms with E-state index in [-0.39, 0.29) is 17.0 Å². The molecule has 7 nitrogen and oxygen atoms in total. The van der Waals surface area contributed by atoms with Crippen molar-refractivity contribution in [2.24, 2.45) is 0 Å². The first kappa shape index (κ1) is 16.7. The van der Waals surface area contributed by atoms with E-state index >= 15 is 0 Å². The van der Waals surface area contributed by atoms with Gasteiger partial charge in [-0.05, 0) is 60.8 Å². The largest absolute Gasteiger partial charge is 0.333 e. The summed E-state index contributed by atoms with van der Waals surface area (Å²) in [5.41, 5.74) is 5.39. The van der Waals surface area contributed by atoms with Gasteiger partial charge in [0.15, 0.2) is 0 Å². The van der Waals surface area contributed by atoms with Crippen LogP contribution < -0.4 is 10.0 Å². The van der Waals surface area contributed by atoms with E-state index in [1.807, 2.05) is 4.72 Å². The molecule has 1 aromatic carbocycles. The highest BCUT2D eigenvalue weighted by Gasteiger charge is 2.33. The van der Waals surface area contributed by atoms with E-state index in [1.165, 1.54) is 15.8 Å². The molecule has 142 valence electrons. The van der Waals surface area contributed by atoms with Crippen LogP contribution in [0.1, 0.15) is 47.0 Å². The van der Waals surface area contributed by atoms with Crippen molar-refractivity contribution < 1.29 is 17.6 Å². The molecule has 5 rings (SSSR count). The number of anilines is 1. The molecular formula is C18H19FN4O3S. The summed E-state index contributed by atoms with van der Waals surface area (Å²) >= 11 is 0. The number of carbonyl (C=O) groups is 1. The predicted molar refractivity (Wildman–Crippen MR) is 95.9 cm³/mol. The van der Waals surface area contributed by atoms with Crippen LogP contribution in [0, 0.1) is 0 Å². The minimum Gasteiger partial charge on any atom is -0.307 e. The van der Waals surface area contributed by atoms with Gasteiger partial charge in [0.2, 0.25) is 0 Å². The minimum atomic E-state index is -4.21. The van der Waals surface area contributed by atoms with Gasteiger partial charge in [-0.15, -0.1) is 0 Å². The van der Waals surface area contributed by atoms with Gasteiger partial charge in [0.05, 0.1) is 11.9 Å². The number of rotatable bonds is 3. The highest BCUT2D eigenvalue weighted by atomic mass is 32.2. The molecule has 2 aliphatic carbocycles. The number of nitrogens with one attached hydrogen (secondary N) is 2. The number of fused-ring (bicyclic) bond motifs is 3. The van der Waals surface area contributed by atoms with E-state index in [4.69, 9.17) is 0 Å². The summed E-state index contributed by atoms with van der Waals surface area (Å²) in [6, 6.07) is 1.36. The monoisotopic (exact) mass is 390 g/mol. The summed E-state index contributed by atoms with van der Waals surface area (Å²) in [5, 5.41) is 6.68. The fourth-order valence-electron chi connectivity index (χ4n) is 4.17. The van der Waals surface area contributed by atoms with Crippen LogP contribution in [0.15, 0.2) is 17.2 Å². The Morgan fingerprint density at radius 3 is 2.52 bits per heavy atom. The molecule has 0 fully saturated rings. The van der Waals surface area contributed by atoms with Crippen molar-refractivity contribution >= 4 is 21.7 Å². The Morgan fingerprint density at radius 2 is 1.89 bits per heavy atom. The van der Waals surface area contributed by atoms with Gasteiger partial charge < -0.3 is 5.32 Å². The standard InChI is InChI=1S/C18H19FN4O3S/c19-14-2-1-7-23-17(14)15(9-20-23)27(25,26)22-18(24)21-16-12-5-3-10(12)8-11-4-6-13(11)16/h8-9,14H,1-7H2,(H2,21,22,24). The molecule has 1 unspecified atom stereocenters. The van der Waals surface area contributed by atoms with Crippen molar-refractivity contribution in [3.8, 4) is 0 Å². The second-order valence-electron chi connectivity index (χ2n) is 7.31. The number of hydrogen-bond donors (Lipinski definition) is 2. The maximum absolute atomic E-state index is 14.2. The van der Waals surface area contributed by atoms with Crippen LogP contribution in [-0.2, 0) is 42.3 Å². The Bertz CT molecular complexity index is 1050. The molecule has 0 saturated heterocycles. The lowest BCUT2D eigenvalue weighted by Crippen LogP contribution is -2.36. The summed E-state index contributed by atoms with van der Waals surface area (Å²) in [6.07, 6.45) is 4.30. The number of hydrogen-bond acceptors (Lipinski definition) is 4. The van der Waals surface area contributed by atoms with Crippen LogP contribution in [0.25, 0.3) is 0 Å². The van der Waals surface area contributed by atoms with E-state index in [2.05, 4.69) is 16.5 Å². The molecular weight excluding hydrogens is 371 g/mol. The first-order valence-corrected chi connectivity index (χ1v) is 10.6. The normalized spacial score (nSPS) is 19.8. The van der Waals surface area contributed by atoms with Crippen molar-refractivity contribution in [1.82, 2.24) is 14.5 Å². The number of amides is 2. The second-order valence-corrected chi connectivity index (χ2v) is 8.96. The van der Waals surface area contributed by atoms with Crippen molar-refractivity contribution in [2.75, 3.05) is 5.32 Å². The third kappa shape index (κ3) is 2.55. The van der Waals surface area contributed by atoms with E-state index in [0.717, 1.165) is 48.7 Å². The number of carbonyl (C=O) groups excluding carboxylic acids is 1. The molecule has 3 aliphatic rings. The Balaban J connectivity index is 1.40. The van der Waals surface area contributed by atoms with Gasteiger partial charge in [-0.1, -0.05) is 6.07 Å². The van der Waals surface area contributed by atoms with Gasteiger partial charge in [-0.25, -0.2) is 22.3 Å². The molecule has 1 aromatic heterocycles. The lowest BCUT2D eigenvalue weighted by molar-refractivity contribution is 0.253. The number of halogens is 1. The molecule has 1 aliphatic heterocycles. The number of aromatic nitrogens is 2. The first-order chi connectivity index (χ1) is 12.9. The van der Waals surface area contributed by atoms with Crippen LogP contribution >= 0.6 is 0 Å². The molecule has 2 amide bonds. The van der Waals surface area contributed by atoms with Crippen molar-refractivity contribution in [3.05, 3.63) is 40.2 Å². The zero-order valence-electron chi connectivity index (χ0n) is 14.6. The smallest absolute Gasteiger partial charge is 0.307 e. The van der Waals surface area contributed by atoms with Crippen LogP contribution in [0.4, 0.5) is 14.9 Å². The third-order valence-electron chi connectivity index (χ3n) is 5.74. The number of urea groups is 1. The van der Waals surface area contributed by atoms with Crippen molar-refractivity contribution in [1.29, 1.82) is 0 Å². The first-order valence-electron chi connectivity index (χ1n) is 9.14. The highest BCUT2D eigenvalue weighted by Crippen LogP contribution is 2.40. The fourth-order valence-corrected chi connectivity index (χ4v) is 5.27. The number of aryl methyl sites for hydroxylation is 3. The zero-order chi connectivity index (χ0) is 18.8. The molecule has 0 saturated carbocycles. The summed E-state index contributed by atoms with van der Waals surface area (Å²) < 4.78 is 42.9. The van der Waals surface area contributed by atoms with Gasteiger partial charge in [0, 0.05) is 12.2 Å². The molecule has 0 spiro atoms. The predicted octanol–water partition coefficient (Wildman–Crippen LogP) is 2.40. The summed E-state index contributed by atoms with van der Waals surface area (Å²) in [7, 11) is -4.21. The maximum Gasteiger partial charge on any atom is 0.333 e. The Kier molecular flexibility index (Phi) is 3.59. The number of benzene rings is 1. The van der Waals surface area contributed by atoms with Crippen LogP contribution in [0.5, 0.6) is 0 Å². The Morgan fingerprint density at radius 1 is 1.19 bits per heavy atom. The molecule has 0 radical (unpaired) electrons.